The molecule has 0 unspecified atom stereocenters. The number of hydrogen-bond acceptors (Lipinski definition) is 12. The van der Waals surface area contributed by atoms with Crippen molar-refractivity contribution in [1.29, 1.82) is 0 Å². The second kappa shape index (κ2) is 29.9. The van der Waals surface area contributed by atoms with E-state index in [0.29, 0.717) is 98.8 Å². The van der Waals surface area contributed by atoms with Gasteiger partial charge in [-0.2, -0.15) is 0 Å². The molecule has 2 aromatic heterocycles. The van der Waals surface area contributed by atoms with Gasteiger partial charge in [0, 0.05) is 105 Å². The summed E-state index contributed by atoms with van der Waals surface area (Å²) in [5.41, 5.74) is 21.7. The number of piperidine rings is 2. The van der Waals surface area contributed by atoms with E-state index >= 15 is 0 Å². The van der Waals surface area contributed by atoms with Crippen LogP contribution in [0.15, 0.2) is 146 Å². The van der Waals surface area contributed by atoms with Crippen molar-refractivity contribution in [3.8, 4) is 54.6 Å². The minimum atomic E-state index is -1.03. The molecular formula is C66H64Cl4F2N8O7S2. The first kappa shape index (κ1) is 66.0. The molecule has 8 aromatic rings. The Labute approximate surface area is 542 Å². The highest BCUT2D eigenvalue weighted by Crippen LogP contribution is 2.52. The molecule has 464 valence electrons. The second-order valence-corrected chi connectivity index (χ2v) is 25.0. The molecule has 15 nitrogen and oxygen atoms in total. The van der Waals surface area contributed by atoms with Crippen LogP contribution in [-0.2, 0) is 27.5 Å². The zero-order valence-corrected chi connectivity index (χ0v) is 53.0. The predicted octanol–water partition coefficient (Wildman–Crippen LogP) is 12.4. The van der Waals surface area contributed by atoms with E-state index < -0.39 is 22.9 Å². The Kier molecular flexibility index (Phi) is 22.2. The van der Waals surface area contributed by atoms with Crippen molar-refractivity contribution in [1.82, 2.24) is 25.8 Å². The van der Waals surface area contributed by atoms with Crippen molar-refractivity contribution in [2.24, 2.45) is 17.2 Å². The summed E-state index contributed by atoms with van der Waals surface area (Å²) in [6.07, 6.45) is 1.23. The first-order valence-corrected chi connectivity index (χ1v) is 31.7. The molecule has 0 saturated carbocycles. The molecule has 0 atom stereocenters. The van der Waals surface area contributed by atoms with E-state index in [1.165, 1.54) is 53.9 Å². The number of nitrogens with zero attached hydrogens (tertiary/aromatic N) is 2. The van der Waals surface area contributed by atoms with Crippen molar-refractivity contribution in [3.63, 3.8) is 0 Å². The fraction of sp³-hybridized carbons (Fsp3) is 0.258. The Morgan fingerprint density at radius 1 is 0.539 bits per heavy atom. The summed E-state index contributed by atoms with van der Waals surface area (Å²) in [6.45, 7) is 4.03. The highest BCUT2D eigenvalue weighted by atomic mass is 35.5. The van der Waals surface area contributed by atoms with Gasteiger partial charge in [0.25, 0.3) is 11.8 Å². The summed E-state index contributed by atoms with van der Waals surface area (Å²) in [4.78, 5) is 71.0. The van der Waals surface area contributed by atoms with Crippen molar-refractivity contribution in [2.45, 2.75) is 56.8 Å². The molecule has 10 rings (SSSR count). The third-order valence-corrected chi connectivity index (χ3v) is 19.1. The first-order chi connectivity index (χ1) is 42.8. The van der Waals surface area contributed by atoms with Gasteiger partial charge in [0.05, 0.1) is 6.54 Å². The molecule has 0 spiro atoms. The van der Waals surface area contributed by atoms with Crippen LogP contribution in [0, 0.1) is 11.6 Å². The van der Waals surface area contributed by atoms with E-state index in [1.807, 2.05) is 60.7 Å². The first-order valence-electron chi connectivity index (χ1n) is 28.5. The quantitative estimate of drug-likeness (QED) is 0.0373. The lowest BCUT2D eigenvalue weighted by molar-refractivity contribution is -0.127. The molecule has 0 radical (unpaired) electrons. The van der Waals surface area contributed by atoms with E-state index in [0.717, 1.165) is 48.7 Å². The molecule has 9 N–H and O–H groups in total. The fourth-order valence-corrected chi connectivity index (χ4v) is 14.0. The zero-order chi connectivity index (χ0) is 63.4. The van der Waals surface area contributed by atoms with Crippen molar-refractivity contribution < 1.29 is 42.2 Å². The van der Waals surface area contributed by atoms with Gasteiger partial charge in [-0.15, -0.1) is 22.7 Å². The molecule has 4 heterocycles. The topological polar surface area (TPSA) is 224 Å². The summed E-state index contributed by atoms with van der Waals surface area (Å²) in [5.74, 6) is -1.55. The van der Waals surface area contributed by atoms with Crippen LogP contribution in [-0.4, -0.2) is 103 Å². The fourth-order valence-electron chi connectivity index (χ4n) is 10.6. The molecule has 0 bridgehead atoms. The van der Waals surface area contributed by atoms with Crippen LogP contribution < -0.4 is 42.6 Å². The lowest BCUT2D eigenvalue weighted by Gasteiger charge is -2.40. The average Bonchev–Trinajstić information content (AvgIpc) is 1.87. The van der Waals surface area contributed by atoms with E-state index in [4.69, 9.17) is 73.1 Å². The highest BCUT2D eigenvalue weighted by Gasteiger charge is 2.43. The van der Waals surface area contributed by atoms with Crippen molar-refractivity contribution in [3.05, 3.63) is 198 Å². The van der Waals surface area contributed by atoms with Crippen LogP contribution in [0.5, 0.6) is 11.5 Å². The van der Waals surface area contributed by atoms with Crippen LogP contribution in [0.3, 0.4) is 0 Å². The molecule has 0 aliphatic carbocycles. The summed E-state index contributed by atoms with van der Waals surface area (Å²) in [5, 5.41) is 11.5. The largest absolute Gasteiger partial charge is 0.490 e. The smallest absolute Gasteiger partial charge is 0.267 e. The third kappa shape index (κ3) is 15.8. The van der Waals surface area contributed by atoms with E-state index in [-0.39, 0.29) is 68.7 Å². The standard InChI is InChI=1S/C34H33Cl2FN4O4S.C32H31Cl2FN4O3S/c1-21(42)39-16-19-45-29-28(23-8-10-24(35)11-9-23)30(26-4-2-3-5-27(26)36)46-31(29)32(43)41-17-14-34(15-18-41,33(38)44)40-20-22-6-12-25(37)13-7-22;33-22-9-7-21(8-10-22)26-27(42-18-15-36)29(43-28(26)24-3-1-2-4-25(24)34)30(40)39-16-13-32(14-17-39,31(37)41)38-19-20-5-11-23(35)12-6-20/h2-13,40H,14-20H2,1H3,(H2,38,44)(H,39,42);1-12,38H,13-19,36H2,(H2,37,41). The molecule has 23 heteroatoms. The Hall–Kier alpha value is -7.43. The van der Waals surface area contributed by atoms with Gasteiger partial charge in [0.2, 0.25) is 17.7 Å². The predicted molar refractivity (Wildman–Crippen MR) is 350 cm³/mol. The van der Waals surface area contributed by atoms with Gasteiger partial charge < -0.3 is 41.8 Å². The molecule has 2 saturated heterocycles. The highest BCUT2D eigenvalue weighted by molar-refractivity contribution is 7.19. The lowest BCUT2D eigenvalue weighted by Crippen LogP contribution is -2.61. The van der Waals surface area contributed by atoms with Gasteiger partial charge in [-0.1, -0.05) is 131 Å². The number of carbonyl (C=O) groups is 5. The number of nitrogens with one attached hydrogen (secondary N) is 3. The van der Waals surface area contributed by atoms with E-state index in [2.05, 4.69) is 16.0 Å². The summed E-state index contributed by atoms with van der Waals surface area (Å²) < 4.78 is 39.2. The summed E-state index contributed by atoms with van der Waals surface area (Å²) >= 11 is 28.3. The minimum Gasteiger partial charge on any atom is -0.490 e. The van der Waals surface area contributed by atoms with Gasteiger partial charge in [-0.05, 0) is 109 Å². The van der Waals surface area contributed by atoms with Crippen LogP contribution in [0.2, 0.25) is 20.1 Å². The normalized spacial score (nSPS) is 14.3. The van der Waals surface area contributed by atoms with Gasteiger partial charge in [-0.25, -0.2) is 8.78 Å². The van der Waals surface area contributed by atoms with Crippen molar-refractivity contribution in [2.75, 3.05) is 52.5 Å². The monoisotopic (exact) mass is 1320 g/mol. The number of hydrogen-bond donors (Lipinski definition) is 6. The number of likely N-dealkylation sites (tertiary alicyclic amines) is 2. The van der Waals surface area contributed by atoms with E-state index in [9.17, 15) is 32.8 Å². The van der Waals surface area contributed by atoms with E-state index in [1.54, 1.807) is 70.5 Å². The van der Waals surface area contributed by atoms with Crippen LogP contribution in [0.25, 0.3) is 43.1 Å². The number of nitrogens with two attached hydrogens (primary N) is 3. The molecule has 2 fully saturated rings. The number of halogens is 6. The number of rotatable bonds is 21. The average molecular weight is 1330 g/mol. The van der Waals surface area contributed by atoms with Crippen LogP contribution in [0.4, 0.5) is 8.78 Å². The SMILES string of the molecule is CC(=O)NCCOc1c(C(=O)N2CCC(NCc3ccc(F)cc3)(C(N)=O)CC2)sc(-c2ccccc2Cl)c1-c1ccc(Cl)cc1.NCCOc1c(C(=O)N2CCC(NCc3ccc(F)cc3)(C(N)=O)CC2)sc(-c2ccccc2Cl)c1-c1ccc(Cl)cc1. The van der Waals surface area contributed by atoms with Gasteiger partial charge in [0.1, 0.15) is 45.7 Å². The second-order valence-electron chi connectivity index (χ2n) is 21.3. The number of ether oxygens (including phenoxy) is 2. The molecule has 2 aliphatic rings. The number of carbonyl (C=O) groups excluding carboxylic acids is 5. The maximum Gasteiger partial charge on any atom is 0.267 e. The molecule has 89 heavy (non-hydrogen) atoms. The molecular weight excluding hydrogens is 1260 g/mol. The summed E-state index contributed by atoms with van der Waals surface area (Å²) in [6, 6.07) is 41.5. The minimum absolute atomic E-state index is 0.122. The van der Waals surface area contributed by atoms with Gasteiger partial charge in [0.15, 0.2) is 11.5 Å². The number of primary amides is 2. The van der Waals surface area contributed by atoms with Crippen molar-refractivity contribution >= 4 is 98.6 Å². The maximum atomic E-state index is 14.3. The number of thiophene rings is 2. The molecule has 5 amide bonds. The Morgan fingerprint density at radius 3 is 1.26 bits per heavy atom. The van der Waals surface area contributed by atoms with Crippen LogP contribution in [0.1, 0.15) is 63.1 Å². The number of benzene rings is 6. The lowest BCUT2D eigenvalue weighted by atomic mass is 9.86. The maximum absolute atomic E-state index is 14.3. The molecule has 2 aliphatic heterocycles. The Bertz CT molecular complexity index is 3820. The van der Waals surface area contributed by atoms with Gasteiger partial charge >= 0.3 is 0 Å². The molecule has 6 aromatic carbocycles. The zero-order valence-electron chi connectivity index (χ0n) is 48.3. The van der Waals surface area contributed by atoms with Crippen LogP contribution >= 0.6 is 69.1 Å². The Morgan fingerprint density at radius 2 is 0.910 bits per heavy atom. The van der Waals surface area contributed by atoms with Gasteiger partial charge in [-0.3, -0.25) is 34.6 Å². The third-order valence-electron chi connectivity index (χ3n) is 15.5. The number of amides is 5. The Balaban J connectivity index is 0.000000212. The summed E-state index contributed by atoms with van der Waals surface area (Å²) in [7, 11) is 0.